The molecule has 1 atom stereocenters. The van der Waals surface area contributed by atoms with Gasteiger partial charge in [0.15, 0.2) is 0 Å². The predicted molar refractivity (Wildman–Crippen MR) is 44.1 cm³/mol. The molecule has 0 saturated carbocycles. The first-order valence-electron chi connectivity index (χ1n) is 4.03. The van der Waals surface area contributed by atoms with Gasteiger partial charge in [0, 0.05) is 0 Å². The molecule has 1 unspecified atom stereocenters. The smallest absolute Gasteiger partial charge is 0.642 e. The molecule has 0 bridgehead atoms. The van der Waals surface area contributed by atoms with E-state index in [2.05, 4.69) is 31.4 Å². The third kappa shape index (κ3) is 5.89. The van der Waals surface area contributed by atoms with Gasteiger partial charge >= 0.3 is 58.2 Å². The zero-order valence-corrected chi connectivity index (χ0v) is 13.1. The topological polar surface area (TPSA) is 26.1 Å². The molecule has 1 saturated heterocycles. The molecule has 0 aromatic carbocycles. The van der Waals surface area contributed by atoms with E-state index in [0.717, 1.165) is 6.54 Å². The molecule has 1 fully saturated rings. The molecular weight excluding hydrogens is 210 g/mol. The number of nitrogens with zero attached hydrogens (tertiary/aromatic N) is 1. The van der Waals surface area contributed by atoms with Crippen molar-refractivity contribution in [2.75, 3.05) is 6.54 Å². The normalized spacial score (nSPS) is 24.8. The molecule has 1 heterocycles. The Kier molecular flexibility index (Phi) is 6.31. The molecule has 3 heteroatoms. The minimum atomic E-state index is 0. The van der Waals surface area contributed by atoms with Gasteiger partial charge in [-0.15, -0.1) is 5.54 Å². The molecule has 0 amide bonds. The molecule has 60 valence electrons. The summed E-state index contributed by atoms with van der Waals surface area (Å²) in [6, 6.07) is 0. The van der Waals surface area contributed by atoms with Gasteiger partial charge in [-0.25, -0.2) is 0 Å². The van der Waals surface area contributed by atoms with Crippen molar-refractivity contribution in [3.05, 3.63) is 5.32 Å². The summed E-state index contributed by atoms with van der Waals surface area (Å²) in [4.78, 5) is 0. The van der Waals surface area contributed by atoms with Crippen LogP contribution in [0.3, 0.4) is 0 Å². The van der Waals surface area contributed by atoms with Crippen molar-refractivity contribution in [1.82, 2.24) is 5.32 Å². The Balaban J connectivity index is 0.000001000. The largest absolute Gasteiger partial charge is 1.00 e. The molecule has 0 aromatic heterocycles. The first kappa shape index (κ1) is 12.7. The van der Waals surface area contributed by atoms with Gasteiger partial charge in [-0.1, -0.05) is 33.4 Å². The van der Waals surface area contributed by atoms with Gasteiger partial charge in [0.2, 0.25) is 0 Å². The minimum Gasteiger partial charge on any atom is -0.642 e. The molecule has 0 radical (unpaired) electrons. The van der Waals surface area contributed by atoms with E-state index < -0.39 is 0 Å². The van der Waals surface area contributed by atoms with Crippen LogP contribution in [0.2, 0.25) is 0 Å². The quantitative estimate of drug-likeness (QED) is 0.602. The standard InChI is InChI=1S/C8H17N2.Rb/c1-8(2,3)10-7-5-4-6-9-7;/h7,9H,4-6H2,1-3H3;/q-1;+1. The number of nitrogens with one attached hydrogen (secondary N) is 1. The van der Waals surface area contributed by atoms with Crippen LogP contribution in [0.1, 0.15) is 33.6 Å². The van der Waals surface area contributed by atoms with Crippen molar-refractivity contribution in [3.63, 3.8) is 0 Å². The fourth-order valence-corrected chi connectivity index (χ4v) is 1.24. The van der Waals surface area contributed by atoms with Gasteiger partial charge in [0.1, 0.15) is 0 Å². The maximum atomic E-state index is 4.60. The van der Waals surface area contributed by atoms with E-state index in [9.17, 15) is 0 Å². The van der Waals surface area contributed by atoms with Crippen molar-refractivity contribution in [3.8, 4) is 0 Å². The molecule has 0 aliphatic carbocycles. The van der Waals surface area contributed by atoms with Crippen LogP contribution in [0, 0.1) is 0 Å². The van der Waals surface area contributed by atoms with Crippen molar-refractivity contribution >= 4 is 0 Å². The van der Waals surface area contributed by atoms with Crippen molar-refractivity contribution < 1.29 is 58.2 Å². The SMILES string of the molecule is CC(C)(C)[N-]C1CCCN1.[Rb+]. The van der Waals surface area contributed by atoms with Crippen LogP contribution in [0.25, 0.3) is 5.32 Å². The Bertz CT molecular complexity index is 103. The van der Waals surface area contributed by atoms with Gasteiger partial charge in [-0.2, -0.15) is 0 Å². The van der Waals surface area contributed by atoms with Crippen molar-refractivity contribution in [1.29, 1.82) is 0 Å². The summed E-state index contributed by atoms with van der Waals surface area (Å²) in [5.74, 6) is 0. The molecule has 1 rings (SSSR count). The van der Waals surface area contributed by atoms with E-state index in [1.54, 1.807) is 0 Å². The number of hydrogen-bond acceptors (Lipinski definition) is 1. The Morgan fingerprint density at radius 2 is 2.00 bits per heavy atom. The summed E-state index contributed by atoms with van der Waals surface area (Å²) in [5, 5.41) is 7.94. The van der Waals surface area contributed by atoms with Crippen LogP contribution in [0.15, 0.2) is 0 Å². The molecule has 1 aliphatic heterocycles. The van der Waals surface area contributed by atoms with E-state index in [1.807, 2.05) is 0 Å². The Labute approximate surface area is 119 Å². The van der Waals surface area contributed by atoms with Gasteiger partial charge in [-0.05, 0) is 13.0 Å². The fraction of sp³-hybridized carbons (Fsp3) is 1.00. The average Bonchev–Trinajstić information content (AvgIpc) is 2.12. The van der Waals surface area contributed by atoms with Crippen LogP contribution >= 0.6 is 0 Å². The third-order valence-corrected chi connectivity index (χ3v) is 1.58. The summed E-state index contributed by atoms with van der Waals surface area (Å²) in [6.07, 6.45) is 2.93. The maximum absolute atomic E-state index is 4.60. The van der Waals surface area contributed by atoms with Crippen molar-refractivity contribution in [2.45, 2.75) is 45.3 Å². The second-order valence-electron chi connectivity index (χ2n) is 3.91. The Hall–Kier alpha value is 1.73. The van der Waals surface area contributed by atoms with Gasteiger partial charge in [-0.3, -0.25) is 0 Å². The predicted octanol–water partition coefficient (Wildman–Crippen LogP) is -1.13. The summed E-state index contributed by atoms with van der Waals surface area (Å²) in [6.45, 7) is 7.58. The summed E-state index contributed by atoms with van der Waals surface area (Å²) in [7, 11) is 0. The second kappa shape index (κ2) is 5.45. The molecule has 2 nitrogen and oxygen atoms in total. The summed E-state index contributed by atoms with van der Waals surface area (Å²) < 4.78 is 0. The van der Waals surface area contributed by atoms with Crippen LogP contribution in [-0.2, 0) is 0 Å². The Morgan fingerprint density at radius 1 is 1.36 bits per heavy atom. The summed E-state index contributed by atoms with van der Waals surface area (Å²) >= 11 is 0. The molecule has 0 spiro atoms. The molecule has 0 aromatic rings. The van der Waals surface area contributed by atoms with Crippen LogP contribution in [0.5, 0.6) is 0 Å². The van der Waals surface area contributed by atoms with Gasteiger partial charge in [0.25, 0.3) is 0 Å². The zero-order valence-electron chi connectivity index (χ0n) is 8.15. The average molecular weight is 227 g/mol. The van der Waals surface area contributed by atoms with E-state index in [-0.39, 0.29) is 63.7 Å². The Morgan fingerprint density at radius 3 is 2.36 bits per heavy atom. The first-order valence-corrected chi connectivity index (χ1v) is 4.03. The minimum absolute atomic E-state index is 0. The van der Waals surface area contributed by atoms with E-state index in [0.29, 0.717) is 6.17 Å². The monoisotopic (exact) mass is 226 g/mol. The van der Waals surface area contributed by atoms with Crippen molar-refractivity contribution in [2.24, 2.45) is 0 Å². The van der Waals surface area contributed by atoms with Crippen LogP contribution < -0.4 is 63.5 Å². The molecule has 11 heavy (non-hydrogen) atoms. The summed E-state index contributed by atoms with van der Waals surface area (Å²) in [5.41, 5.74) is 0.127. The fourth-order valence-electron chi connectivity index (χ4n) is 1.24. The third-order valence-electron chi connectivity index (χ3n) is 1.58. The van der Waals surface area contributed by atoms with Gasteiger partial charge < -0.3 is 10.6 Å². The molecular formula is C8H17N2Rb. The van der Waals surface area contributed by atoms with Crippen LogP contribution in [0.4, 0.5) is 0 Å². The molecule has 1 N–H and O–H groups in total. The second-order valence-corrected chi connectivity index (χ2v) is 3.91. The van der Waals surface area contributed by atoms with E-state index >= 15 is 0 Å². The van der Waals surface area contributed by atoms with Crippen LogP contribution in [-0.4, -0.2) is 18.2 Å². The maximum Gasteiger partial charge on any atom is 1.00 e. The molecule has 1 aliphatic rings. The zero-order chi connectivity index (χ0) is 7.61. The van der Waals surface area contributed by atoms with E-state index in [1.165, 1.54) is 12.8 Å². The van der Waals surface area contributed by atoms with E-state index in [4.69, 9.17) is 0 Å². The number of hydrogen-bond donors (Lipinski definition) is 1. The number of rotatable bonds is 1. The first-order chi connectivity index (χ1) is 4.58. The van der Waals surface area contributed by atoms with Gasteiger partial charge in [0.05, 0.1) is 0 Å².